The van der Waals surface area contributed by atoms with Gasteiger partial charge in [0, 0.05) is 0 Å². The van der Waals surface area contributed by atoms with E-state index in [0.717, 1.165) is 0 Å². The molecule has 3 N–H and O–H groups in total. The first-order valence-electron chi connectivity index (χ1n) is 3.51. The highest BCUT2D eigenvalue weighted by atomic mass is 35.5. The van der Waals surface area contributed by atoms with Crippen LogP contribution in [0.5, 0.6) is 0 Å². The second-order valence-electron chi connectivity index (χ2n) is 2.50. The Bertz CT molecular complexity index is 711. The predicted octanol–water partition coefficient (Wildman–Crippen LogP) is -1.54. The van der Waals surface area contributed by atoms with Crippen LogP contribution in [0.3, 0.4) is 0 Å². The lowest BCUT2D eigenvalue weighted by Crippen LogP contribution is -2.28. The van der Waals surface area contributed by atoms with Crippen molar-refractivity contribution in [1.29, 1.82) is 5.26 Å². The normalized spacial score (nSPS) is 9.53. The summed E-state index contributed by atoms with van der Waals surface area (Å²) in [5.74, 6) is 0. The Morgan fingerprint density at radius 1 is 1.13 bits per heavy atom. The molecule has 0 unspecified atom stereocenters. The number of rotatable bonds is 0. The van der Waals surface area contributed by atoms with Gasteiger partial charge in [-0.3, -0.25) is 19.7 Å². The summed E-state index contributed by atoms with van der Waals surface area (Å²) in [6.07, 6.45) is 1.52. The minimum absolute atomic E-state index is 0. The average Bonchev–Trinajstić information content (AvgIpc) is 2.48. The van der Waals surface area contributed by atoms with Crippen LogP contribution in [0.2, 0.25) is 0 Å². The lowest BCUT2D eigenvalue weighted by Gasteiger charge is -1.92. The van der Waals surface area contributed by atoms with E-state index >= 15 is 0 Å². The molecule has 0 amide bonds. The second-order valence-corrected chi connectivity index (χ2v) is 2.50. The first-order chi connectivity index (χ1) is 6.63. The van der Waals surface area contributed by atoms with Gasteiger partial charge in [-0.05, 0) is 0 Å². The van der Waals surface area contributed by atoms with Crippen molar-refractivity contribution in [2.24, 2.45) is 0 Å². The van der Waals surface area contributed by atoms with Gasteiger partial charge in [0.1, 0.15) is 0 Å². The molecule has 0 fully saturated rings. The summed E-state index contributed by atoms with van der Waals surface area (Å²) in [6.45, 7) is 0. The van der Waals surface area contributed by atoms with Gasteiger partial charge < -0.3 is 0 Å². The zero-order chi connectivity index (χ0) is 10.3. The molecular weight excluding hydrogens is 226 g/mol. The van der Waals surface area contributed by atoms with Gasteiger partial charge in [0.15, 0.2) is 17.4 Å². The first-order valence-corrected chi connectivity index (χ1v) is 3.51. The molecule has 15 heavy (non-hydrogen) atoms. The van der Waals surface area contributed by atoms with Crippen LogP contribution >= 0.6 is 12.4 Å². The summed E-state index contributed by atoms with van der Waals surface area (Å²) in [4.78, 5) is 39.2. The van der Waals surface area contributed by atoms with Gasteiger partial charge in [-0.2, -0.15) is 9.83 Å². The van der Waals surface area contributed by atoms with Crippen molar-refractivity contribution in [1.82, 2.24) is 19.5 Å². The maximum absolute atomic E-state index is 11.1. The number of nitrogens with one attached hydrogen (secondary N) is 3. The molecule has 2 aromatic heterocycles. The largest absolute Gasteiger partial charge is 0.343 e. The summed E-state index contributed by atoms with van der Waals surface area (Å²) in [5, 5.41) is 8.57. The minimum Gasteiger partial charge on any atom is -0.300 e. The van der Waals surface area contributed by atoms with E-state index in [2.05, 4.69) is 9.97 Å². The second kappa shape index (κ2) is 3.47. The molecule has 0 aliphatic heterocycles. The van der Waals surface area contributed by atoms with Crippen molar-refractivity contribution in [3.63, 3.8) is 0 Å². The molecule has 9 heteroatoms. The van der Waals surface area contributed by atoms with Crippen molar-refractivity contribution in [2.75, 3.05) is 0 Å². The Balaban J connectivity index is 0.00000112. The Morgan fingerprint density at radius 3 is 2.40 bits per heavy atom. The van der Waals surface area contributed by atoms with Crippen LogP contribution in [-0.4, -0.2) is 19.5 Å². The number of nitrogens with zero attached hydrogens (tertiary/aromatic N) is 2. The Kier molecular flexibility index (Phi) is 2.50. The number of aromatic amines is 3. The number of aromatic nitrogens is 4. The molecule has 0 aromatic carbocycles. The van der Waals surface area contributed by atoms with Crippen LogP contribution in [0.1, 0.15) is 0 Å². The third kappa shape index (κ3) is 1.44. The van der Waals surface area contributed by atoms with E-state index in [9.17, 15) is 14.4 Å². The van der Waals surface area contributed by atoms with Gasteiger partial charge in [0.05, 0.1) is 0 Å². The number of nitriles is 1. The number of imidazole rings is 1. The fourth-order valence-corrected chi connectivity index (χ4v) is 1.12. The molecule has 0 saturated heterocycles. The Labute approximate surface area is 86.6 Å². The van der Waals surface area contributed by atoms with E-state index < -0.39 is 16.9 Å². The van der Waals surface area contributed by atoms with Crippen molar-refractivity contribution in [2.45, 2.75) is 0 Å². The minimum atomic E-state index is -0.889. The van der Waals surface area contributed by atoms with Crippen LogP contribution in [-0.2, 0) is 0 Å². The monoisotopic (exact) mass is 229 g/mol. The summed E-state index contributed by atoms with van der Waals surface area (Å²) < 4.78 is 0.578. The number of fused-ring (bicyclic) bond motifs is 1. The van der Waals surface area contributed by atoms with Gasteiger partial charge in [-0.25, -0.2) is 9.59 Å². The molecule has 0 bridgehead atoms. The van der Waals surface area contributed by atoms with Crippen LogP contribution in [0.25, 0.3) is 11.2 Å². The summed E-state index contributed by atoms with van der Waals surface area (Å²) >= 11 is 0. The third-order valence-electron chi connectivity index (χ3n) is 1.68. The highest BCUT2D eigenvalue weighted by Gasteiger charge is 2.09. The predicted molar refractivity (Wildman–Crippen MR) is 52.1 cm³/mol. The van der Waals surface area contributed by atoms with E-state index in [1.165, 1.54) is 6.19 Å². The van der Waals surface area contributed by atoms with Gasteiger partial charge >= 0.3 is 11.4 Å². The highest BCUT2D eigenvalue weighted by Crippen LogP contribution is 1.94. The summed E-state index contributed by atoms with van der Waals surface area (Å²) in [7, 11) is 0. The molecule has 0 aliphatic rings. The van der Waals surface area contributed by atoms with Gasteiger partial charge in [-0.15, -0.1) is 12.4 Å². The van der Waals surface area contributed by atoms with Crippen molar-refractivity contribution >= 4 is 23.6 Å². The molecule has 8 nitrogen and oxygen atoms in total. The van der Waals surface area contributed by atoms with Crippen molar-refractivity contribution in [3.05, 3.63) is 31.3 Å². The van der Waals surface area contributed by atoms with Crippen LogP contribution in [0, 0.1) is 11.5 Å². The van der Waals surface area contributed by atoms with Crippen LogP contribution < -0.4 is 16.9 Å². The van der Waals surface area contributed by atoms with Crippen LogP contribution in [0.4, 0.5) is 0 Å². The molecule has 2 rings (SSSR count). The lowest BCUT2D eigenvalue weighted by molar-refractivity contribution is 0.943. The highest BCUT2D eigenvalue weighted by molar-refractivity contribution is 5.85. The van der Waals surface area contributed by atoms with Gasteiger partial charge in [0.2, 0.25) is 0 Å². The average molecular weight is 230 g/mol. The molecule has 0 aliphatic carbocycles. The maximum atomic E-state index is 11.1. The smallest absolute Gasteiger partial charge is 0.300 e. The molecule has 78 valence electrons. The van der Waals surface area contributed by atoms with Crippen molar-refractivity contribution < 1.29 is 0 Å². The SMILES string of the molecule is Cl.N#Cn1c(=O)[nH]c(=O)c2[nH]c(=O)[nH]c21. The lowest BCUT2D eigenvalue weighted by atomic mass is 10.5. The molecule has 2 aromatic rings. The molecule has 0 spiro atoms. The number of hydrogen-bond donors (Lipinski definition) is 3. The standard InChI is InChI=1S/C6H3N5O3.ClH/c7-1-11-3-2(8-5(13)9-3)4(12)10-6(11)14;/h(H2,8,9,13)(H,10,12,14);1H. The zero-order valence-corrected chi connectivity index (χ0v) is 7.84. The van der Waals surface area contributed by atoms with Gasteiger partial charge in [-0.1, -0.05) is 0 Å². The summed E-state index contributed by atoms with van der Waals surface area (Å²) in [5.41, 5.74) is -2.54. The topological polar surface area (TPSA) is 127 Å². The maximum Gasteiger partial charge on any atom is 0.343 e. The molecule has 0 saturated carbocycles. The first kappa shape index (κ1) is 10.8. The van der Waals surface area contributed by atoms with Gasteiger partial charge in [0.25, 0.3) is 5.56 Å². The Hall–Kier alpha value is -2.27. The quantitative estimate of drug-likeness (QED) is 0.506. The number of H-pyrrole nitrogens is 3. The zero-order valence-electron chi connectivity index (χ0n) is 7.03. The number of hydrogen-bond acceptors (Lipinski definition) is 4. The fraction of sp³-hybridized carbons (Fsp3) is 0. The Morgan fingerprint density at radius 2 is 1.80 bits per heavy atom. The van der Waals surface area contributed by atoms with E-state index in [4.69, 9.17) is 5.26 Å². The third-order valence-corrected chi connectivity index (χ3v) is 1.68. The van der Waals surface area contributed by atoms with E-state index in [0.29, 0.717) is 4.57 Å². The summed E-state index contributed by atoms with van der Waals surface area (Å²) in [6, 6.07) is 0. The fourth-order valence-electron chi connectivity index (χ4n) is 1.12. The molecular formula is C6H4ClN5O3. The molecule has 0 atom stereocenters. The van der Waals surface area contributed by atoms with E-state index in [1.807, 2.05) is 4.98 Å². The molecule has 2 heterocycles. The van der Waals surface area contributed by atoms with Crippen LogP contribution in [0.15, 0.2) is 14.4 Å². The van der Waals surface area contributed by atoms with E-state index in [1.54, 1.807) is 0 Å². The van der Waals surface area contributed by atoms with E-state index in [-0.39, 0.29) is 23.6 Å². The van der Waals surface area contributed by atoms with Crippen molar-refractivity contribution in [3.8, 4) is 6.19 Å². The number of halogens is 1. The molecule has 0 radical (unpaired) electrons.